The number of carbonyl (C=O) groups is 2. The van der Waals surface area contributed by atoms with Gasteiger partial charge in [-0.2, -0.15) is 0 Å². The minimum absolute atomic E-state index is 0.0271. The van der Waals surface area contributed by atoms with E-state index in [0.29, 0.717) is 6.54 Å². The third-order valence-corrected chi connectivity index (χ3v) is 7.68. The Morgan fingerprint density at radius 1 is 0.846 bits per heavy atom. The van der Waals surface area contributed by atoms with Crippen LogP contribution in [-0.4, -0.2) is 42.7 Å². The highest BCUT2D eigenvalue weighted by Gasteiger charge is 2.29. The lowest BCUT2D eigenvalue weighted by molar-refractivity contribution is 0.0527. The van der Waals surface area contributed by atoms with Crippen LogP contribution in [0.4, 0.5) is 9.59 Å². The van der Waals surface area contributed by atoms with E-state index in [-0.39, 0.29) is 18.6 Å². The Morgan fingerprint density at radius 2 is 1.46 bits per heavy atom. The highest BCUT2D eigenvalue weighted by atomic mass is 32.2. The molecule has 0 fully saturated rings. The summed E-state index contributed by atoms with van der Waals surface area (Å²) >= 11 is 1.71. The van der Waals surface area contributed by atoms with E-state index < -0.39 is 17.8 Å². The number of benzene rings is 3. The smallest absolute Gasteiger partial charge is 0.407 e. The van der Waals surface area contributed by atoms with Gasteiger partial charge in [0.15, 0.2) is 0 Å². The van der Waals surface area contributed by atoms with Crippen molar-refractivity contribution in [3.05, 3.63) is 90.0 Å². The Hall–Kier alpha value is -3.45. The molecule has 2 amide bonds. The van der Waals surface area contributed by atoms with Crippen LogP contribution in [0.25, 0.3) is 11.1 Å². The van der Waals surface area contributed by atoms with E-state index in [0.717, 1.165) is 29.9 Å². The van der Waals surface area contributed by atoms with E-state index in [1.54, 1.807) is 11.8 Å². The van der Waals surface area contributed by atoms with Gasteiger partial charge in [-0.05, 0) is 74.4 Å². The zero-order chi connectivity index (χ0) is 27.7. The van der Waals surface area contributed by atoms with Crippen molar-refractivity contribution < 1.29 is 19.1 Å². The minimum atomic E-state index is -0.517. The van der Waals surface area contributed by atoms with Gasteiger partial charge in [0.25, 0.3) is 0 Å². The monoisotopic (exact) mass is 546 g/mol. The number of nitrogens with one attached hydrogen (secondary N) is 2. The molecule has 0 bridgehead atoms. The van der Waals surface area contributed by atoms with E-state index in [9.17, 15) is 9.59 Å². The van der Waals surface area contributed by atoms with Crippen LogP contribution in [0.5, 0.6) is 0 Å². The molecule has 4 rings (SSSR count). The van der Waals surface area contributed by atoms with Crippen LogP contribution in [0.15, 0.2) is 83.8 Å². The maximum absolute atomic E-state index is 12.9. The number of fused-ring (bicyclic) bond motifs is 3. The number of thioether (sulfide) groups is 1. The number of hydrogen-bond acceptors (Lipinski definition) is 5. The number of unbranched alkanes of at least 4 members (excludes halogenated alkanes) is 1. The number of amides is 2. The number of ether oxygens (including phenoxy) is 2. The van der Waals surface area contributed by atoms with Crippen molar-refractivity contribution in [2.24, 2.45) is 0 Å². The summed E-state index contributed by atoms with van der Waals surface area (Å²) in [7, 11) is 0. The quantitative estimate of drug-likeness (QED) is 0.194. The summed E-state index contributed by atoms with van der Waals surface area (Å²) in [6.07, 6.45) is 1.61. The number of alkyl carbamates (subject to hydrolysis) is 2. The molecule has 0 saturated heterocycles. The minimum Gasteiger partial charge on any atom is -0.449 e. The second kappa shape index (κ2) is 13.6. The predicted octanol–water partition coefficient (Wildman–Crippen LogP) is 7.38. The molecule has 39 heavy (non-hydrogen) atoms. The van der Waals surface area contributed by atoms with Crippen LogP contribution >= 0.6 is 11.8 Å². The number of carbonyl (C=O) groups excluding carboxylic acids is 2. The van der Waals surface area contributed by atoms with Crippen LogP contribution in [0, 0.1) is 0 Å². The SMILES string of the molecule is CC(C)(C)OC(=O)NCCCCC(CSc1ccccc1)NC(=O)OCC1c2ccccc2-c2ccccc21. The van der Waals surface area contributed by atoms with Crippen molar-refractivity contribution in [1.82, 2.24) is 10.6 Å². The fraction of sp³-hybridized carbons (Fsp3) is 0.375. The van der Waals surface area contributed by atoms with Gasteiger partial charge in [-0.15, -0.1) is 11.8 Å². The molecule has 6 nitrogen and oxygen atoms in total. The Labute approximate surface area is 235 Å². The van der Waals surface area contributed by atoms with Gasteiger partial charge < -0.3 is 20.1 Å². The third-order valence-electron chi connectivity index (χ3n) is 6.51. The number of rotatable bonds is 11. The van der Waals surface area contributed by atoms with Crippen LogP contribution < -0.4 is 10.6 Å². The van der Waals surface area contributed by atoms with Crippen molar-refractivity contribution in [3.63, 3.8) is 0 Å². The lowest BCUT2D eigenvalue weighted by Gasteiger charge is -2.21. The predicted molar refractivity (Wildman–Crippen MR) is 157 cm³/mol. The van der Waals surface area contributed by atoms with Gasteiger partial charge in [0.05, 0.1) is 0 Å². The molecule has 0 radical (unpaired) electrons. The Bertz CT molecular complexity index is 1200. The summed E-state index contributed by atoms with van der Waals surface area (Å²) in [5, 5.41) is 5.90. The van der Waals surface area contributed by atoms with Crippen molar-refractivity contribution >= 4 is 23.9 Å². The lowest BCUT2D eigenvalue weighted by Crippen LogP contribution is -2.38. The first kappa shape index (κ1) is 28.6. The van der Waals surface area contributed by atoms with Crippen LogP contribution in [0.2, 0.25) is 0 Å². The summed E-state index contributed by atoms with van der Waals surface area (Å²) in [5.41, 5.74) is 4.29. The van der Waals surface area contributed by atoms with Gasteiger partial charge in [-0.1, -0.05) is 66.7 Å². The maximum atomic E-state index is 12.9. The molecule has 206 valence electrons. The van der Waals surface area contributed by atoms with Crippen LogP contribution in [-0.2, 0) is 9.47 Å². The molecule has 7 heteroatoms. The fourth-order valence-electron chi connectivity index (χ4n) is 4.74. The molecular weight excluding hydrogens is 508 g/mol. The first-order chi connectivity index (χ1) is 18.8. The molecule has 0 spiro atoms. The van der Waals surface area contributed by atoms with Crippen molar-refractivity contribution in [2.75, 3.05) is 18.9 Å². The van der Waals surface area contributed by atoms with Gasteiger partial charge in [0.1, 0.15) is 12.2 Å². The van der Waals surface area contributed by atoms with Crippen molar-refractivity contribution in [2.45, 2.75) is 62.5 Å². The molecular formula is C32H38N2O4S. The number of hydrogen-bond donors (Lipinski definition) is 2. The summed E-state index contributed by atoms with van der Waals surface area (Å²) in [6.45, 7) is 6.35. The zero-order valence-electron chi connectivity index (χ0n) is 22.9. The van der Waals surface area contributed by atoms with Crippen molar-refractivity contribution in [1.29, 1.82) is 0 Å². The van der Waals surface area contributed by atoms with Crippen molar-refractivity contribution in [3.8, 4) is 11.1 Å². The summed E-state index contributed by atoms with van der Waals surface area (Å²) in [4.78, 5) is 26.0. The molecule has 0 heterocycles. The van der Waals surface area contributed by atoms with Gasteiger partial charge in [0, 0.05) is 29.2 Å². The van der Waals surface area contributed by atoms with Gasteiger partial charge >= 0.3 is 12.2 Å². The Balaban J connectivity index is 1.30. The topological polar surface area (TPSA) is 76.7 Å². The largest absolute Gasteiger partial charge is 0.449 e. The molecule has 1 aliphatic carbocycles. The first-order valence-electron chi connectivity index (χ1n) is 13.6. The third kappa shape index (κ3) is 8.52. The molecule has 1 atom stereocenters. The Kier molecular flexibility index (Phi) is 9.93. The van der Waals surface area contributed by atoms with E-state index in [4.69, 9.17) is 9.47 Å². The van der Waals surface area contributed by atoms with E-state index >= 15 is 0 Å². The highest BCUT2D eigenvalue weighted by Crippen LogP contribution is 2.44. The molecule has 0 saturated carbocycles. The van der Waals surface area contributed by atoms with Gasteiger partial charge in [-0.25, -0.2) is 9.59 Å². The molecule has 1 unspecified atom stereocenters. The molecule has 2 N–H and O–H groups in total. The normalized spacial score (nSPS) is 13.2. The summed E-state index contributed by atoms with van der Waals surface area (Å²) < 4.78 is 11.1. The first-order valence-corrected chi connectivity index (χ1v) is 14.5. The van der Waals surface area contributed by atoms with Crippen LogP contribution in [0.1, 0.15) is 57.1 Å². The summed E-state index contributed by atoms with van der Waals surface area (Å²) in [5.74, 6) is 0.757. The fourth-order valence-corrected chi connectivity index (χ4v) is 5.73. The standard InChI is InChI=1S/C32H38N2O4S/c1-32(2,3)38-30(35)33-20-12-11-13-23(22-39-24-14-5-4-6-15-24)34-31(36)37-21-29-27-18-9-7-16-25(27)26-17-8-10-19-28(26)29/h4-10,14-19,23,29H,11-13,20-22H2,1-3H3,(H,33,35)(H,34,36). The highest BCUT2D eigenvalue weighted by molar-refractivity contribution is 7.99. The zero-order valence-corrected chi connectivity index (χ0v) is 23.8. The molecule has 0 aliphatic heterocycles. The second-order valence-electron chi connectivity index (χ2n) is 10.7. The van der Waals surface area contributed by atoms with Gasteiger partial charge in [0.2, 0.25) is 0 Å². The van der Waals surface area contributed by atoms with E-state index in [1.165, 1.54) is 22.3 Å². The van der Waals surface area contributed by atoms with Crippen LogP contribution in [0.3, 0.4) is 0 Å². The van der Waals surface area contributed by atoms with E-state index in [1.807, 2.05) is 63.2 Å². The van der Waals surface area contributed by atoms with Gasteiger partial charge in [-0.3, -0.25) is 0 Å². The van der Waals surface area contributed by atoms with E-state index in [2.05, 4.69) is 47.0 Å². The molecule has 1 aliphatic rings. The molecule has 3 aromatic rings. The second-order valence-corrected chi connectivity index (χ2v) is 11.8. The average Bonchev–Trinajstić information content (AvgIpc) is 3.23. The Morgan fingerprint density at radius 3 is 2.10 bits per heavy atom. The molecule has 0 aromatic heterocycles. The molecule has 3 aromatic carbocycles. The average molecular weight is 547 g/mol. The summed E-state index contributed by atoms with van der Waals surface area (Å²) in [6, 6.07) is 26.7. The lowest BCUT2D eigenvalue weighted by atomic mass is 9.98. The maximum Gasteiger partial charge on any atom is 0.407 e.